The van der Waals surface area contributed by atoms with Crippen LogP contribution in [0.1, 0.15) is 69.5 Å². The summed E-state index contributed by atoms with van der Waals surface area (Å²) in [4.78, 5) is 20.2. The van der Waals surface area contributed by atoms with Crippen molar-refractivity contribution in [1.29, 1.82) is 0 Å². The zero-order valence-corrected chi connectivity index (χ0v) is 46.0. The van der Waals surface area contributed by atoms with Crippen molar-refractivity contribution in [3.05, 3.63) is 231 Å². The number of rotatable bonds is 17. The molecule has 0 bridgehead atoms. The Morgan fingerprint density at radius 1 is 0.817 bits per heavy atom. The highest BCUT2D eigenvalue weighted by Gasteiger charge is 2.50. The fourth-order valence-corrected chi connectivity index (χ4v) is 12.7. The SMILES string of the molecule is COc1ccc(CN(Cc2ccc(OC)cc2)c2cc(C)c(C(F)(F)F)c(-c3c(F)c4c5c(c3Cl)NCN=C5N(Cc3cncn3C(c3ccccc3)(c3ccccc3)c3ccccc3)C=C(OC[C@@]35CCCN3C[C@H](F)C5)O4)n2)cc1. The molecule has 1 N–H and O–H groups in total. The van der Waals surface area contributed by atoms with E-state index in [1.807, 2.05) is 83.8 Å². The second-order valence-electron chi connectivity index (χ2n) is 21.1. The molecule has 6 aromatic carbocycles. The first-order chi connectivity index (χ1) is 39.8. The predicted octanol–water partition coefficient (Wildman–Crippen LogP) is 13.5. The second-order valence-corrected chi connectivity index (χ2v) is 21.5. The van der Waals surface area contributed by atoms with E-state index in [-0.39, 0.29) is 85.3 Å². The fourth-order valence-electron chi connectivity index (χ4n) is 12.4. The standard InChI is InChI=1S/C64H58ClF5N8O4/c1-41-30-51(75(33-42-20-24-49(79-2)25-21-42)34-43-22-26-50(80-3)27-23-43)74-58(55(41)64(68,69)70)53-56(65)59-54-60(57(53)67)82-52(81-38-62-28-13-29-77(62)35-47(66)31-62)37-76(61(54)73-39-72-59)36-48-32-71-40-78(48)63(44-14-7-4-8-15-44,45-16-9-5-10-17-45)46-18-11-6-12-19-46/h4-12,14-27,30,32,37,40,47,72H,13,28-29,31,33-36,38-39H2,1-3H3/t47-,62+/m1/s1. The number of imidazole rings is 1. The number of halogens is 6. The summed E-state index contributed by atoms with van der Waals surface area (Å²) in [7, 11) is 3.12. The molecule has 0 unspecified atom stereocenters. The van der Waals surface area contributed by atoms with Gasteiger partial charge in [0.05, 0.1) is 83.8 Å². The van der Waals surface area contributed by atoms with Crippen molar-refractivity contribution in [2.45, 2.75) is 69.2 Å². The van der Waals surface area contributed by atoms with Crippen molar-refractivity contribution in [3.63, 3.8) is 0 Å². The molecule has 6 heterocycles. The van der Waals surface area contributed by atoms with Gasteiger partial charge in [-0.1, -0.05) is 127 Å². The Labute approximate surface area is 477 Å². The van der Waals surface area contributed by atoms with Gasteiger partial charge in [-0.25, -0.2) is 23.7 Å². The maximum Gasteiger partial charge on any atom is 0.418 e. The molecule has 8 aromatic rings. The molecule has 0 saturated carbocycles. The summed E-state index contributed by atoms with van der Waals surface area (Å²) >= 11 is 7.42. The number of nitrogens with one attached hydrogen (secondary N) is 1. The van der Waals surface area contributed by atoms with E-state index in [9.17, 15) is 0 Å². The van der Waals surface area contributed by atoms with E-state index in [1.54, 1.807) is 62.1 Å². The number of nitrogens with zero attached hydrogens (tertiary/aromatic N) is 7. The third-order valence-corrected chi connectivity index (χ3v) is 16.5. The van der Waals surface area contributed by atoms with E-state index >= 15 is 22.0 Å². The van der Waals surface area contributed by atoms with Crippen LogP contribution in [0.15, 0.2) is 175 Å². The minimum absolute atomic E-state index is 0.0155. The van der Waals surface area contributed by atoms with Gasteiger partial charge in [0.15, 0.2) is 11.6 Å². The van der Waals surface area contributed by atoms with Gasteiger partial charge >= 0.3 is 12.1 Å². The molecule has 2 atom stereocenters. The summed E-state index contributed by atoms with van der Waals surface area (Å²) in [6.07, 6.45) is 0.710. The van der Waals surface area contributed by atoms with Crippen LogP contribution in [-0.4, -0.2) is 82.5 Å². The number of hydrogen-bond acceptors (Lipinski definition) is 11. The van der Waals surface area contributed by atoms with Crippen LogP contribution in [0.5, 0.6) is 17.2 Å². The highest BCUT2D eigenvalue weighted by Crippen LogP contribution is 2.52. The highest BCUT2D eigenvalue weighted by molar-refractivity contribution is 6.37. The van der Waals surface area contributed by atoms with Gasteiger partial charge in [0.1, 0.15) is 48.1 Å². The van der Waals surface area contributed by atoms with Gasteiger partial charge in [-0.3, -0.25) is 4.90 Å². The van der Waals surface area contributed by atoms with Crippen LogP contribution in [0.4, 0.5) is 33.5 Å². The Balaban J connectivity index is 1.02. The number of amidine groups is 1. The summed E-state index contributed by atoms with van der Waals surface area (Å²) in [5.74, 6) is -0.351. The predicted molar refractivity (Wildman–Crippen MR) is 305 cm³/mol. The Morgan fingerprint density at radius 3 is 1.99 bits per heavy atom. The van der Waals surface area contributed by atoms with Gasteiger partial charge in [-0.15, -0.1) is 0 Å². The minimum atomic E-state index is -5.03. The van der Waals surface area contributed by atoms with Crippen LogP contribution in [0, 0.1) is 12.7 Å². The molecule has 2 aromatic heterocycles. The van der Waals surface area contributed by atoms with E-state index < -0.39 is 51.8 Å². The molecule has 2 saturated heterocycles. The first-order valence-corrected chi connectivity index (χ1v) is 27.5. The molecule has 420 valence electrons. The molecule has 2 fully saturated rings. The van der Waals surface area contributed by atoms with Crippen molar-refractivity contribution in [3.8, 4) is 28.5 Å². The molecule has 4 aliphatic rings. The lowest BCUT2D eigenvalue weighted by Gasteiger charge is -2.39. The molecule has 0 amide bonds. The summed E-state index contributed by atoms with van der Waals surface area (Å²) < 4.78 is 108. The van der Waals surface area contributed by atoms with E-state index in [0.717, 1.165) is 34.2 Å². The lowest BCUT2D eigenvalue weighted by molar-refractivity contribution is -0.137. The molecule has 82 heavy (non-hydrogen) atoms. The van der Waals surface area contributed by atoms with Gasteiger partial charge in [-0.2, -0.15) is 13.2 Å². The summed E-state index contributed by atoms with van der Waals surface area (Å²) in [6.45, 7) is 2.54. The number of aromatic nitrogens is 3. The third kappa shape index (κ3) is 9.92. The maximum absolute atomic E-state index is 18.6. The average molecular weight is 1130 g/mol. The van der Waals surface area contributed by atoms with E-state index in [2.05, 4.69) is 51.2 Å². The topological polar surface area (TPSA) is 102 Å². The number of alkyl halides is 4. The van der Waals surface area contributed by atoms with Crippen LogP contribution in [0.3, 0.4) is 0 Å². The van der Waals surface area contributed by atoms with Crippen LogP contribution in [-0.2, 0) is 36.1 Å². The molecular formula is C64H58ClF5N8O4. The lowest BCUT2D eigenvalue weighted by Crippen LogP contribution is -2.42. The maximum atomic E-state index is 18.6. The number of fused-ring (bicyclic) bond motifs is 1. The quantitative estimate of drug-likeness (QED) is 0.0701. The van der Waals surface area contributed by atoms with Crippen molar-refractivity contribution in [2.24, 2.45) is 4.99 Å². The lowest BCUT2D eigenvalue weighted by atomic mass is 9.76. The van der Waals surface area contributed by atoms with E-state index in [1.165, 1.54) is 13.0 Å². The highest BCUT2D eigenvalue weighted by atomic mass is 35.5. The molecular weight excluding hydrogens is 1080 g/mol. The van der Waals surface area contributed by atoms with Crippen molar-refractivity contribution >= 4 is 28.9 Å². The van der Waals surface area contributed by atoms with Gasteiger partial charge in [0.2, 0.25) is 0 Å². The minimum Gasteiger partial charge on any atom is -0.497 e. The molecule has 0 radical (unpaired) electrons. The average Bonchev–Trinajstić information content (AvgIpc) is 3.93. The monoisotopic (exact) mass is 1130 g/mol. The fraction of sp³-hybridized carbons (Fsp3) is 0.266. The van der Waals surface area contributed by atoms with Gasteiger partial charge in [-0.05, 0) is 90.0 Å². The largest absolute Gasteiger partial charge is 0.497 e. The summed E-state index contributed by atoms with van der Waals surface area (Å²) in [5, 5.41) is 2.80. The van der Waals surface area contributed by atoms with Crippen molar-refractivity contribution in [1.82, 2.24) is 24.3 Å². The first-order valence-electron chi connectivity index (χ1n) is 27.1. The number of methoxy groups -OCH3 is 2. The molecule has 12 nitrogen and oxygen atoms in total. The number of pyridine rings is 1. The van der Waals surface area contributed by atoms with Crippen LogP contribution in [0.2, 0.25) is 5.02 Å². The first kappa shape index (κ1) is 54.2. The molecule has 18 heteroatoms. The number of ether oxygens (including phenoxy) is 4. The molecule has 0 spiro atoms. The van der Waals surface area contributed by atoms with Gasteiger partial charge < -0.3 is 38.6 Å². The van der Waals surface area contributed by atoms with Crippen molar-refractivity contribution in [2.75, 3.05) is 50.8 Å². The van der Waals surface area contributed by atoms with Crippen LogP contribution < -0.4 is 24.4 Å². The van der Waals surface area contributed by atoms with Gasteiger partial charge in [0, 0.05) is 26.1 Å². The number of aliphatic imine (C=N–C) groups is 1. The van der Waals surface area contributed by atoms with E-state index in [0.29, 0.717) is 30.2 Å². The zero-order chi connectivity index (χ0) is 56.8. The Kier molecular flexibility index (Phi) is 14.6. The smallest absolute Gasteiger partial charge is 0.418 e. The second kappa shape index (κ2) is 22.2. The molecule has 4 aliphatic heterocycles. The number of anilines is 2. The normalized spacial score (nSPS) is 17.7. The molecule has 0 aliphatic carbocycles. The van der Waals surface area contributed by atoms with Crippen LogP contribution in [0.25, 0.3) is 11.3 Å². The summed E-state index contributed by atoms with van der Waals surface area (Å²) in [6, 6.07) is 46.3. The Morgan fingerprint density at radius 2 is 1.41 bits per heavy atom. The van der Waals surface area contributed by atoms with Crippen molar-refractivity contribution < 1.29 is 40.9 Å². The Bertz CT molecular complexity index is 3540. The van der Waals surface area contributed by atoms with Crippen LogP contribution >= 0.6 is 11.6 Å². The van der Waals surface area contributed by atoms with Gasteiger partial charge in [0.25, 0.3) is 0 Å². The summed E-state index contributed by atoms with van der Waals surface area (Å²) in [5.41, 5.74) is 0.779. The molecule has 12 rings (SSSR count). The number of aryl methyl sites for hydroxylation is 1. The Hall–Kier alpha value is -8.41. The zero-order valence-electron chi connectivity index (χ0n) is 45.3. The number of benzene rings is 6. The number of hydrogen-bond donors (Lipinski definition) is 1. The third-order valence-electron chi connectivity index (χ3n) is 16.1. The van der Waals surface area contributed by atoms with E-state index in [4.69, 9.17) is 45.5 Å².